The molecule has 0 aliphatic rings. The molecule has 0 amide bonds. The summed E-state index contributed by atoms with van der Waals surface area (Å²) in [4.78, 5) is 0.952. The first-order valence-corrected chi connectivity index (χ1v) is 5.95. The number of rotatable bonds is 3. The molecule has 0 saturated heterocycles. The van der Waals surface area contributed by atoms with Gasteiger partial charge in [0.2, 0.25) is 0 Å². The molecule has 0 bridgehead atoms. The summed E-state index contributed by atoms with van der Waals surface area (Å²) in [7, 11) is 3.45. The smallest absolute Gasteiger partial charge is 0.134 e. The standard InChI is InChI=1S/C10H12ClN3OS/c1-14-9(6(11)5-13-14)8(12)10-7(15-2)3-4-16-10/h3-5,8H,12H2,1-2H3. The van der Waals surface area contributed by atoms with Crippen LogP contribution in [0.15, 0.2) is 17.6 Å². The normalized spacial score (nSPS) is 12.8. The van der Waals surface area contributed by atoms with Crippen molar-refractivity contribution in [2.75, 3.05) is 7.11 Å². The Kier molecular flexibility index (Phi) is 3.18. The number of halogens is 1. The molecule has 0 aliphatic heterocycles. The number of nitrogens with zero attached hydrogens (tertiary/aromatic N) is 2. The van der Waals surface area contributed by atoms with Gasteiger partial charge in [-0.25, -0.2) is 0 Å². The van der Waals surface area contributed by atoms with Crippen molar-refractivity contribution in [3.8, 4) is 5.75 Å². The lowest BCUT2D eigenvalue weighted by molar-refractivity contribution is 0.410. The number of aromatic nitrogens is 2. The number of methoxy groups -OCH3 is 1. The highest BCUT2D eigenvalue weighted by atomic mass is 35.5. The average Bonchev–Trinajstić information content (AvgIpc) is 2.85. The summed E-state index contributed by atoms with van der Waals surface area (Å²) in [5.41, 5.74) is 6.96. The molecule has 1 atom stereocenters. The number of hydrogen-bond acceptors (Lipinski definition) is 4. The second-order valence-electron chi connectivity index (χ2n) is 3.33. The summed E-state index contributed by atoms with van der Waals surface area (Å²) in [6, 6.07) is 1.58. The summed E-state index contributed by atoms with van der Waals surface area (Å²) in [5.74, 6) is 0.787. The number of hydrogen-bond donors (Lipinski definition) is 1. The summed E-state index contributed by atoms with van der Waals surface area (Å²) in [6.07, 6.45) is 1.59. The Balaban J connectivity index is 2.43. The maximum Gasteiger partial charge on any atom is 0.134 e. The quantitative estimate of drug-likeness (QED) is 0.917. The van der Waals surface area contributed by atoms with Gasteiger partial charge in [-0.1, -0.05) is 11.6 Å². The SMILES string of the molecule is COc1ccsc1C(N)c1c(Cl)cnn1C. The third kappa shape index (κ3) is 1.81. The molecule has 0 saturated carbocycles. The van der Waals surface area contributed by atoms with Gasteiger partial charge in [-0.3, -0.25) is 4.68 Å². The maximum atomic E-state index is 6.17. The van der Waals surface area contributed by atoms with Crippen LogP contribution in [-0.2, 0) is 7.05 Å². The molecule has 0 spiro atoms. The van der Waals surface area contributed by atoms with Gasteiger partial charge in [0.25, 0.3) is 0 Å². The molecule has 16 heavy (non-hydrogen) atoms. The molecule has 0 aromatic carbocycles. The van der Waals surface area contributed by atoms with E-state index in [2.05, 4.69) is 5.10 Å². The van der Waals surface area contributed by atoms with Crippen LogP contribution in [-0.4, -0.2) is 16.9 Å². The van der Waals surface area contributed by atoms with Crippen molar-refractivity contribution in [3.63, 3.8) is 0 Å². The minimum Gasteiger partial charge on any atom is -0.496 e. The van der Waals surface area contributed by atoms with Crippen molar-refractivity contribution >= 4 is 22.9 Å². The highest BCUT2D eigenvalue weighted by Gasteiger charge is 2.21. The second-order valence-corrected chi connectivity index (χ2v) is 4.69. The van der Waals surface area contributed by atoms with E-state index in [1.807, 2.05) is 18.5 Å². The second kappa shape index (κ2) is 4.45. The predicted octanol–water partition coefficient (Wildman–Crippen LogP) is 2.19. The number of aryl methyl sites for hydroxylation is 1. The zero-order chi connectivity index (χ0) is 11.7. The molecule has 0 radical (unpaired) electrons. The monoisotopic (exact) mass is 257 g/mol. The Labute approximate surface area is 103 Å². The number of nitrogens with two attached hydrogens (primary N) is 1. The fourth-order valence-corrected chi connectivity index (χ4v) is 2.75. The van der Waals surface area contributed by atoms with Gasteiger partial charge in [0.15, 0.2) is 0 Å². The van der Waals surface area contributed by atoms with Crippen LogP contribution in [0.3, 0.4) is 0 Å². The first-order valence-electron chi connectivity index (χ1n) is 4.69. The molecule has 2 aromatic rings. The van der Waals surface area contributed by atoms with Crippen LogP contribution in [0.4, 0.5) is 0 Å². The lowest BCUT2D eigenvalue weighted by Gasteiger charge is -2.12. The van der Waals surface area contributed by atoms with E-state index in [0.29, 0.717) is 5.02 Å². The molecular formula is C10H12ClN3OS. The van der Waals surface area contributed by atoms with E-state index in [1.165, 1.54) is 0 Å². The van der Waals surface area contributed by atoms with Gasteiger partial charge in [0, 0.05) is 7.05 Å². The molecular weight excluding hydrogens is 246 g/mol. The van der Waals surface area contributed by atoms with E-state index in [9.17, 15) is 0 Å². The van der Waals surface area contributed by atoms with E-state index in [0.717, 1.165) is 16.3 Å². The third-order valence-electron chi connectivity index (χ3n) is 2.39. The van der Waals surface area contributed by atoms with Crippen LogP contribution >= 0.6 is 22.9 Å². The van der Waals surface area contributed by atoms with E-state index < -0.39 is 0 Å². The molecule has 2 aromatic heterocycles. The lowest BCUT2D eigenvalue weighted by Crippen LogP contribution is -2.15. The predicted molar refractivity (Wildman–Crippen MR) is 65.1 cm³/mol. The fraction of sp³-hybridized carbons (Fsp3) is 0.300. The van der Waals surface area contributed by atoms with Crippen molar-refractivity contribution in [2.45, 2.75) is 6.04 Å². The van der Waals surface area contributed by atoms with Gasteiger partial charge in [-0.2, -0.15) is 5.10 Å². The van der Waals surface area contributed by atoms with Crippen LogP contribution in [0, 0.1) is 0 Å². The third-order valence-corrected chi connectivity index (χ3v) is 3.66. The van der Waals surface area contributed by atoms with Crippen LogP contribution in [0.5, 0.6) is 5.75 Å². The largest absolute Gasteiger partial charge is 0.496 e. The molecule has 86 valence electrons. The molecule has 1 unspecified atom stereocenters. The van der Waals surface area contributed by atoms with Gasteiger partial charge in [-0.15, -0.1) is 11.3 Å². The first-order chi connectivity index (χ1) is 7.65. The number of ether oxygens (including phenoxy) is 1. The van der Waals surface area contributed by atoms with Crippen LogP contribution in [0.2, 0.25) is 5.02 Å². The minimum atomic E-state index is -0.310. The summed E-state index contributed by atoms with van der Waals surface area (Å²) in [6.45, 7) is 0. The fourth-order valence-electron chi connectivity index (χ4n) is 1.60. The van der Waals surface area contributed by atoms with Crippen LogP contribution < -0.4 is 10.5 Å². The van der Waals surface area contributed by atoms with Crippen molar-refractivity contribution in [1.29, 1.82) is 0 Å². The molecule has 0 fully saturated rings. The Morgan fingerprint density at radius 3 is 2.94 bits per heavy atom. The van der Waals surface area contributed by atoms with E-state index in [1.54, 1.807) is 29.3 Å². The average molecular weight is 258 g/mol. The minimum absolute atomic E-state index is 0.310. The van der Waals surface area contributed by atoms with Crippen molar-refractivity contribution < 1.29 is 4.74 Å². The van der Waals surface area contributed by atoms with Crippen LogP contribution in [0.1, 0.15) is 16.6 Å². The summed E-state index contributed by atoms with van der Waals surface area (Å²) in [5, 5.41) is 6.59. The van der Waals surface area contributed by atoms with Crippen molar-refractivity contribution in [3.05, 3.63) is 33.2 Å². The van der Waals surface area contributed by atoms with Gasteiger partial charge in [0.1, 0.15) is 5.75 Å². The van der Waals surface area contributed by atoms with Gasteiger partial charge < -0.3 is 10.5 Å². The van der Waals surface area contributed by atoms with E-state index in [4.69, 9.17) is 22.1 Å². The molecule has 0 aliphatic carbocycles. The highest BCUT2D eigenvalue weighted by molar-refractivity contribution is 7.10. The Bertz CT molecular complexity index is 474. The highest BCUT2D eigenvalue weighted by Crippen LogP contribution is 2.35. The molecule has 2 N–H and O–H groups in total. The first kappa shape index (κ1) is 11.4. The van der Waals surface area contributed by atoms with Gasteiger partial charge >= 0.3 is 0 Å². The zero-order valence-corrected chi connectivity index (χ0v) is 10.5. The lowest BCUT2D eigenvalue weighted by atomic mass is 10.2. The Morgan fingerprint density at radius 2 is 2.38 bits per heavy atom. The van der Waals surface area contributed by atoms with Gasteiger partial charge in [-0.05, 0) is 11.4 Å². The van der Waals surface area contributed by atoms with Gasteiger partial charge in [0.05, 0.1) is 34.9 Å². The van der Waals surface area contributed by atoms with E-state index in [-0.39, 0.29) is 6.04 Å². The van der Waals surface area contributed by atoms with Crippen molar-refractivity contribution in [2.24, 2.45) is 12.8 Å². The molecule has 2 rings (SSSR count). The molecule has 2 heterocycles. The maximum absolute atomic E-state index is 6.17. The molecule has 6 heteroatoms. The van der Waals surface area contributed by atoms with Crippen LogP contribution in [0.25, 0.3) is 0 Å². The molecule has 4 nitrogen and oxygen atoms in total. The summed E-state index contributed by atoms with van der Waals surface area (Å²) >= 11 is 7.60. The topological polar surface area (TPSA) is 53.1 Å². The zero-order valence-electron chi connectivity index (χ0n) is 8.98. The Hall–Kier alpha value is -1.04. The van der Waals surface area contributed by atoms with E-state index >= 15 is 0 Å². The summed E-state index contributed by atoms with van der Waals surface area (Å²) < 4.78 is 6.93. The Morgan fingerprint density at radius 1 is 1.62 bits per heavy atom. The van der Waals surface area contributed by atoms with Crippen molar-refractivity contribution in [1.82, 2.24) is 9.78 Å². The number of thiophene rings is 1.